The van der Waals surface area contributed by atoms with Gasteiger partial charge in [-0.05, 0) is 23.3 Å². The zero-order chi connectivity index (χ0) is 14.4. The Morgan fingerprint density at radius 2 is 1.55 bits per heavy atom. The maximum absolute atomic E-state index is 10.7. The molecule has 0 bridgehead atoms. The van der Waals surface area contributed by atoms with E-state index in [-0.39, 0.29) is 5.69 Å². The van der Waals surface area contributed by atoms with Gasteiger partial charge in [-0.1, -0.05) is 48.6 Å². The van der Waals surface area contributed by atoms with E-state index in [1.54, 1.807) is 6.07 Å². The molecule has 2 aromatic rings. The molecule has 0 unspecified atom stereocenters. The van der Waals surface area contributed by atoms with Crippen LogP contribution in [0.4, 0.5) is 11.4 Å². The maximum atomic E-state index is 10.7. The van der Waals surface area contributed by atoms with Crippen LogP contribution in [-0.4, -0.2) is 4.92 Å². The van der Waals surface area contributed by atoms with Gasteiger partial charge in [0.2, 0.25) is 0 Å². The highest BCUT2D eigenvalue weighted by atomic mass is 16.6. The summed E-state index contributed by atoms with van der Waals surface area (Å²) in [6, 6.07) is 14.0. The fourth-order valence-electron chi connectivity index (χ4n) is 1.74. The Bertz CT molecular complexity index is 676. The number of hydrogen-bond donors (Lipinski definition) is 1. The second-order valence-corrected chi connectivity index (χ2v) is 4.24. The van der Waals surface area contributed by atoms with Gasteiger partial charge in [0.15, 0.2) is 0 Å². The summed E-state index contributed by atoms with van der Waals surface area (Å²) in [5, 5.41) is 10.7. The van der Waals surface area contributed by atoms with Crippen molar-refractivity contribution < 1.29 is 4.92 Å². The number of anilines is 1. The first kappa shape index (κ1) is 13.5. The molecule has 0 saturated carbocycles. The molecule has 20 heavy (non-hydrogen) atoms. The highest BCUT2D eigenvalue weighted by molar-refractivity contribution is 5.60. The second-order valence-electron chi connectivity index (χ2n) is 4.24. The monoisotopic (exact) mass is 266 g/mol. The van der Waals surface area contributed by atoms with Crippen LogP contribution in [0.2, 0.25) is 0 Å². The highest BCUT2D eigenvalue weighted by Gasteiger charge is 2.02. The van der Waals surface area contributed by atoms with Crippen LogP contribution in [0.5, 0.6) is 0 Å². The number of nitrogens with zero attached hydrogens (tertiary/aromatic N) is 1. The Morgan fingerprint density at radius 1 is 0.950 bits per heavy atom. The van der Waals surface area contributed by atoms with Crippen LogP contribution in [0.15, 0.2) is 60.7 Å². The number of rotatable bonds is 4. The molecule has 100 valence electrons. The van der Waals surface area contributed by atoms with Crippen molar-refractivity contribution in [2.24, 2.45) is 0 Å². The van der Waals surface area contributed by atoms with Crippen molar-refractivity contribution in [2.45, 2.75) is 0 Å². The van der Waals surface area contributed by atoms with Gasteiger partial charge >= 0.3 is 0 Å². The van der Waals surface area contributed by atoms with E-state index in [1.807, 2.05) is 54.6 Å². The normalized spacial score (nSPS) is 11.2. The van der Waals surface area contributed by atoms with Crippen LogP contribution in [0.25, 0.3) is 12.2 Å². The van der Waals surface area contributed by atoms with E-state index >= 15 is 0 Å². The largest absolute Gasteiger partial charge is 0.399 e. The van der Waals surface area contributed by atoms with E-state index < -0.39 is 4.92 Å². The second kappa shape index (κ2) is 6.33. The van der Waals surface area contributed by atoms with Gasteiger partial charge in [0.1, 0.15) is 0 Å². The molecule has 0 saturated heterocycles. The Hall–Kier alpha value is -2.88. The van der Waals surface area contributed by atoms with E-state index in [9.17, 15) is 10.1 Å². The molecule has 0 atom stereocenters. The number of nitrogens with two attached hydrogens (primary N) is 1. The molecule has 0 aliphatic heterocycles. The minimum atomic E-state index is -0.403. The SMILES string of the molecule is Nc1cccc(/C=C/C=C\c2cccc([N+](=O)[O-])c2)c1. The van der Waals surface area contributed by atoms with Gasteiger partial charge in [-0.25, -0.2) is 0 Å². The number of nitrogen functional groups attached to an aromatic ring is 1. The predicted molar refractivity (Wildman–Crippen MR) is 82.0 cm³/mol. The molecule has 2 N–H and O–H groups in total. The maximum Gasteiger partial charge on any atom is 0.270 e. The van der Waals surface area contributed by atoms with Crippen LogP contribution in [-0.2, 0) is 0 Å². The smallest absolute Gasteiger partial charge is 0.270 e. The molecule has 2 aromatic carbocycles. The first-order chi connectivity index (χ1) is 9.65. The van der Waals surface area contributed by atoms with Gasteiger partial charge in [-0.2, -0.15) is 0 Å². The van der Waals surface area contributed by atoms with Crippen LogP contribution < -0.4 is 5.73 Å². The average Bonchev–Trinajstić information content (AvgIpc) is 2.44. The molecule has 0 aliphatic carbocycles. The summed E-state index contributed by atoms with van der Waals surface area (Å²) >= 11 is 0. The van der Waals surface area contributed by atoms with Gasteiger partial charge in [-0.15, -0.1) is 0 Å². The molecule has 0 aliphatic rings. The molecule has 4 nitrogen and oxygen atoms in total. The summed E-state index contributed by atoms with van der Waals surface area (Å²) in [5.74, 6) is 0. The standard InChI is InChI=1S/C16H14N2O2/c17-15-9-3-7-13(11-15)5-1-2-6-14-8-4-10-16(12-14)18(19)20/h1-12H,17H2/b5-1+,6-2-. The lowest BCUT2D eigenvalue weighted by atomic mass is 10.1. The van der Waals surface area contributed by atoms with Gasteiger partial charge in [0, 0.05) is 17.8 Å². The molecule has 2 rings (SSSR count). The van der Waals surface area contributed by atoms with Gasteiger partial charge in [0.25, 0.3) is 5.69 Å². The van der Waals surface area contributed by atoms with Crippen molar-refractivity contribution in [3.63, 3.8) is 0 Å². The van der Waals surface area contributed by atoms with Crippen molar-refractivity contribution in [3.05, 3.63) is 81.9 Å². The molecule has 0 aromatic heterocycles. The third-order valence-corrected chi connectivity index (χ3v) is 2.68. The van der Waals surface area contributed by atoms with Crippen LogP contribution in [0, 0.1) is 10.1 Å². The van der Waals surface area contributed by atoms with Gasteiger partial charge < -0.3 is 5.73 Å². The summed E-state index contributed by atoms with van der Waals surface area (Å²) in [6.07, 6.45) is 7.44. The van der Waals surface area contributed by atoms with Crippen LogP contribution in [0.1, 0.15) is 11.1 Å². The quantitative estimate of drug-likeness (QED) is 0.395. The summed E-state index contributed by atoms with van der Waals surface area (Å²) in [6.45, 7) is 0. The number of nitro groups is 1. The average molecular weight is 266 g/mol. The summed E-state index contributed by atoms with van der Waals surface area (Å²) in [5.41, 5.74) is 8.29. The van der Waals surface area contributed by atoms with Crippen molar-refractivity contribution in [1.29, 1.82) is 0 Å². The predicted octanol–water partition coefficient (Wildman–Crippen LogP) is 3.90. The summed E-state index contributed by atoms with van der Waals surface area (Å²) in [4.78, 5) is 10.3. The lowest BCUT2D eigenvalue weighted by Crippen LogP contribution is -1.87. The van der Waals surface area contributed by atoms with E-state index in [2.05, 4.69) is 0 Å². The number of allylic oxidation sites excluding steroid dienone is 2. The molecule has 4 heteroatoms. The van der Waals surface area contributed by atoms with E-state index in [1.165, 1.54) is 12.1 Å². The molecule has 0 fully saturated rings. The van der Waals surface area contributed by atoms with Crippen molar-refractivity contribution >= 4 is 23.5 Å². The zero-order valence-corrected chi connectivity index (χ0v) is 10.8. The Balaban J connectivity index is 2.06. The summed E-state index contributed by atoms with van der Waals surface area (Å²) in [7, 11) is 0. The number of non-ortho nitro benzene ring substituents is 1. The van der Waals surface area contributed by atoms with E-state index in [4.69, 9.17) is 5.73 Å². The third-order valence-electron chi connectivity index (χ3n) is 2.68. The molecule has 0 heterocycles. The lowest BCUT2D eigenvalue weighted by molar-refractivity contribution is -0.384. The van der Waals surface area contributed by atoms with Crippen LogP contribution >= 0.6 is 0 Å². The Morgan fingerprint density at radius 3 is 2.15 bits per heavy atom. The molecule has 0 spiro atoms. The zero-order valence-electron chi connectivity index (χ0n) is 10.8. The van der Waals surface area contributed by atoms with Crippen molar-refractivity contribution in [2.75, 3.05) is 5.73 Å². The Kier molecular flexibility index (Phi) is 4.29. The fourth-order valence-corrected chi connectivity index (χ4v) is 1.74. The minimum Gasteiger partial charge on any atom is -0.399 e. The molecule has 0 radical (unpaired) electrons. The van der Waals surface area contributed by atoms with Gasteiger partial charge in [-0.3, -0.25) is 10.1 Å². The van der Waals surface area contributed by atoms with Crippen molar-refractivity contribution in [3.8, 4) is 0 Å². The lowest BCUT2D eigenvalue weighted by Gasteiger charge is -1.95. The molecule has 0 amide bonds. The molecular weight excluding hydrogens is 252 g/mol. The highest BCUT2D eigenvalue weighted by Crippen LogP contribution is 2.14. The van der Waals surface area contributed by atoms with Crippen molar-refractivity contribution in [1.82, 2.24) is 0 Å². The topological polar surface area (TPSA) is 69.2 Å². The number of benzene rings is 2. The first-order valence-electron chi connectivity index (χ1n) is 6.10. The van der Waals surface area contributed by atoms with E-state index in [0.717, 1.165) is 16.8 Å². The van der Waals surface area contributed by atoms with Crippen LogP contribution in [0.3, 0.4) is 0 Å². The molecular formula is C16H14N2O2. The number of nitro benzene ring substituents is 1. The van der Waals surface area contributed by atoms with Gasteiger partial charge in [0.05, 0.1) is 4.92 Å². The first-order valence-corrected chi connectivity index (χ1v) is 6.10. The van der Waals surface area contributed by atoms with E-state index in [0.29, 0.717) is 0 Å². The fraction of sp³-hybridized carbons (Fsp3) is 0. The third kappa shape index (κ3) is 3.81. The minimum absolute atomic E-state index is 0.0898. The summed E-state index contributed by atoms with van der Waals surface area (Å²) < 4.78 is 0. The number of hydrogen-bond acceptors (Lipinski definition) is 3. The Labute approximate surface area is 117 Å².